The van der Waals surface area contributed by atoms with Crippen molar-refractivity contribution in [2.75, 3.05) is 34.9 Å². The Bertz CT molecular complexity index is 1000. The second-order valence-electron chi connectivity index (χ2n) is 6.88. The Morgan fingerprint density at radius 1 is 1.14 bits per heavy atom. The number of hydrazone groups is 1. The van der Waals surface area contributed by atoms with Gasteiger partial charge in [-0.2, -0.15) is 5.10 Å². The molecule has 148 valence electrons. The molecule has 2 aromatic rings. The number of fused-ring (bicyclic) bond motifs is 1. The number of hydrogen-bond acceptors (Lipinski definition) is 6. The normalized spacial score (nSPS) is 15.5. The third-order valence-electron chi connectivity index (χ3n) is 4.78. The van der Waals surface area contributed by atoms with Gasteiger partial charge in [-0.1, -0.05) is 12.1 Å². The van der Waals surface area contributed by atoms with E-state index in [1.165, 1.54) is 4.90 Å². The summed E-state index contributed by atoms with van der Waals surface area (Å²) in [6, 6.07) is 13.9. The van der Waals surface area contributed by atoms with Gasteiger partial charge in [0.2, 0.25) is 5.91 Å². The van der Waals surface area contributed by atoms with Gasteiger partial charge < -0.3 is 10.1 Å². The average Bonchev–Trinajstić information content (AvgIpc) is 3.17. The molecule has 1 N–H and O–H groups in total. The van der Waals surface area contributed by atoms with E-state index in [9.17, 15) is 14.4 Å². The van der Waals surface area contributed by atoms with Gasteiger partial charge in [-0.15, -0.1) is 0 Å². The summed E-state index contributed by atoms with van der Waals surface area (Å²) in [5.74, 6) is -1.35. The summed E-state index contributed by atoms with van der Waals surface area (Å²) < 4.78 is 5.17. The van der Waals surface area contributed by atoms with Crippen LogP contribution in [0.3, 0.4) is 0 Å². The Morgan fingerprint density at radius 3 is 2.62 bits per heavy atom. The Hall–Kier alpha value is -3.68. The predicted octanol–water partition coefficient (Wildman–Crippen LogP) is 2.41. The maximum absolute atomic E-state index is 12.5. The van der Waals surface area contributed by atoms with Gasteiger partial charge in [-0.05, 0) is 43.3 Å². The van der Waals surface area contributed by atoms with Crippen LogP contribution in [0.5, 0.6) is 0 Å². The number of para-hydroxylation sites is 2. The molecule has 0 saturated heterocycles. The summed E-state index contributed by atoms with van der Waals surface area (Å²) in [7, 11) is 0. The number of anilines is 3. The van der Waals surface area contributed by atoms with Crippen LogP contribution >= 0.6 is 0 Å². The minimum absolute atomic E-state index is 0.113. The monoisotopic (exact) mass is 392 g/mol. The van der Waals surface area contributed by atoms with Crippen molar-refractivity contribution in [1.82, 2.24) is 0 Å². The number of carbonyl (C=O) groups is 3. The highest BCUT2D eigenvalue weighted by Crippen LogP contribution is 2.29. The molecule has 0 aromatic heterocycles. The van der Waals surface area contributed by atoms with Crippen LogP contribution in [0.2, 0.25) is 0 Å². The number of rotatable bonds is 4. The minimum atomic E-state index is -0.597. The average molecular weight is 392 g/mol. The molecule has 4 rings (SSSR count). The van der Waals surface area contributed by atoms with Gasteiger partial charge in [0.1, 0.15) is 6.54 Å². The van der Waals surface area contributed by atoms with Crippen LogP contribution < -0.4 is 15.2 Å². The van der Waals surface area contributed by atoms with Gasteiger partial charge >= 0.3 is 5.97 Å². The van der Waals surface area contributed by atoms with Gasteiger partial charge in [0, 0.05) is 18.7 Å². The van der Waals surface area contributed by atoms with E-state index in [4.69, 9.17) is 4.74 Å². The van der Waals surface area contributed by atoms with Crippen molar-refractivity contribution in [2.24, 2.45) is 5.10 Å². The fourth-order valence-corrected chi connectivity index (χ4v) is 3.27. The summed E-state index contributed by atoms with van der Waals surface area (Å²) >= 11 is 0. The second-order valence-corrected chi connectivity index (χ2v) is 6.88. The van der Waals surface area contributed by atoms with Crippen molar-refractivity contribution in [3.05, 3.63) is 54.1 Å². The highest BCUT2D eigenvalue weighted by Gasteiger charge is 2.27. The third-order valence-corrected chi connectivity index (χ3v) is 4.78. The predicted molar refractivity (Wildman–Crippen MR) is 109 cm³/mol. The zero-order valence-electron chi connectivity index (χ0n) is 15.9. The van der Waals surface area contributed by atoms with Gasteiger partial charge in [-0.3, -0.25) is 19.5 Å². The van der Waals surface area contributed by atoms with Crippen LogP contribution in [0, 0.1) is 0 Å². The molecule has 0 saturated carbocycles. The number of nitrogens with one attached hydrogen (secondary N) is 1. The molecule has 29 heavy (non-hydrogen) atoms. The molecule has 2 aliphatic heterocycles. The molecular weight excluding hydrogens is 372 g/mol. The molecule has 0 aliphatic carbocycles. The van der Waals surface area contributed by atoms with Crippen molar-refractivity contribution in [3.8, 4) is 0 Å². The quantitative estimate of drug-likeness (QED) is 0.807. The molecule has 0 atom stereocenters. The first-order valence-electron chi connectivity index (χ1n) is 9.29. The lowest BCUT2D eigenvalue weighted by Gasteiger charge is -2.28. The summed E-state index contributed by atoms with van der Waals surface area (Å²) in [4.78, 5) is 38.0. The first kappa shape index (κ1) is 18.7. The van der Waals surface area contributed by atoms with E-state index in [1.807, 2.05) is 11.9 Å². The Kier molecular flexibility index (Phi) is 4.99. The van der Waals surface area contributed by atoms with E-state index in [0.29, 0.717) is 16.9 Å². The van der Waals surface area contributed by atoms with E-state index >= 15 is 0 Å². The summed E-state index contributed by atoms with van der Waals surface area (Å²) in [5.41, 5.74) is 3.45. The molecule has 0 fully saturated rings. The summed E-state index contributed by atoms with van der Waals surface area (Å²) in [5, 5.41) is 9.01. The van der Waals surface area contributed by atoms with Crippen molar-refractivity contribution in [2.45, 2.75) is 13.3 Å². The zero-order valence-corrected chi connectivity index (χ0v) is 15.9. The number of benzene rings is 2. The lowest BCUT2D eigenvalue weighted by Crippen LogP contribution is -2.44. The zero-order chi connectivity index (χ0) is 20.4. The number of esters is 1. The number of nitrogens with zero attached hydrogens (tertiary/aromatic N) is 3. The minimum Gasteiger partial charge on any atom is -0.452 e. The van der Waals surface area contributed by atoms with Gasteiger partial charge in [-0.25, -0.2) is 4.79 Å². The SMILES string of the molecule is CC1=NN(c2ccc(C(=O)OCC(=O)N3CC(=O)Nc4ccccc43)cc2)CC1. The van der Waals surface area contributed by atoms with Gasteiger partial charge in [0.25, 0.3) is 5.91 Å². The van der Waals surface area contributed by atoms with Crippen LogP contribution in [-0.2, 0) is 14.3 Å². The van der Waals surface area contributed by atoms with Crippen LogP contribution in [-0.4, -0.2) is 43.2 Å². The van der Waals surface area contributed by atoms with Crippen LogP contribution in [0.1, 0.15) is 23.7 Å². The topological polar surface area (TPSA) is 91.3 Å². The smallest absolute Gasteiger partial charge is 0.338 e. The fourth-order valence-electron chi connectivity index (χ4n) is 3.27. The molecule has 2 heterocycles. The maximum atomic E-state index is 12.5. The van der Waals surface area contributed by atoms with Crippen molar-refractivity contribution in [3.63, 3.8) is 0 Å². The second kappa shape index (κ2) is 7.75. The van der Waals surface area contributed by atoms with Crippen LogP contribution in [0.4, 0.5) is 17.1 Å². The molecule has 0 spiro atoms. The fraction of sp³-hybridized carbons (Fsp3) is 0.238. The van der Waals surface area contributed by atoms with Crippen molar-refractivity contribution < 1.29 is 19.1 Å². The highest BCUT2D eigenvalue weighted by atomic mass is 16.5. The van der Waals surface area contributed by atoms with Crippen LogP contribution in [0.15, 0.2) is 53.6 Å². The number of ether oxygens (including phenoxy) is 1. The third kappa shape index (κ3) is 3.96. The molecular formula is C21H20N4O4. The molecule has 2 aliphatic rings. The first-order valence-corrected chi connectivity index (χ1v) is 9.29. The molecule has 0 unspecified atom stereocenters. The lowest BCUT2D eigenvalue weighted by molar-refractivity contribution is -0.124. The standard InChI is InChI=1S/C21H20N4O4/c1-14-10-11-25(23-14)16-8-6-15(7-9-16)21(28)29-13-20(27)24-12-19(26)22-17-4-2-3-5-18(17)24/h2-9H,10-13H2,1H3,(H,22,26). The number of carbonyl (C=O) groups excluding carboxylic acids is 3. The largest absolute Gasteiger partial charge is 0.452 e. The van der Waals surface area contributed by atoms with E-state index in [0.717, 1.165) is 24.4 Å². The van der Waals surface area contributed by atoms with Gasteiger partial charge in [0.05, 0.1) is 22.6 Å². The highest BCUT2D eigenvalue weighted by molar-refractivity contribution is 6.10. The molecule has 0 bridgehead atoms. The van der Waals surface area contributed by atoms with E-state index in [-0.39, 0.29) is 12.5 Å². The lowest BCUT2D eigenvalue weighted by atomic mass is 10.2. The van der Waals surface area contributed by atoms with E-state index in [2.05, 4.69) is 10.4 Å². The van der Waals surface area contributed by atoms with Crippen molar-refractivity contribution in [1.29, 1.82) is 0 Å². The molecule has 8 heteroatoms. The Balaban J connectivity index is 1.38. The Morgan fingerprint density at radius 2 is 1.90 bits per heavy atom. The number of amides is 2. The molecule has 8 nitrogen and oxygen atoms in total. The van der Waals surface area contributed by atoms with E-state index in [1.54, 1.807) is 48.5 Å². The van der Waals surface area contributed by atoms with Gasteiger partial charge in [0.15, 0.2) is 6.61 Å². The summed E-state index contributed by atoms with van der Waals surface area (Å²) in [6.45, 7) is 2.23. The van der Waals surface area contributed by atoms with Crippen molar-refractivity contribution >= 4 is 40.6 Å². The summed E-state index contributed by atoms with van der Waals surface area (Å²) in [6.07, 6.45) is 0.920. The number of hydrogen-bond donors (Lipinski definition) is 1. The molecule has 2 aromatic carbocycles. The van der Waals surface area contributed by atoms with E-state index < -0.39 is 18.5 Å². The maximum Gasteiger partial charge on any atom is 0.338 e. The molecule has 0 radical (unpaired) electrons. The van der Waals surface area contributed by atoms with Crippen LogP contribution in [0.25, 0.3) is 0 Å². The molecule has 2 amide bonds. The first-order chi connectivity index (χ1) is 14.0. The Labute approximate surface area is 167 Å².